The summed E-state index contributed by atoms with van der Waals surface area (Å²) in [6.45, 7) is 2.22. The van der Waals surface area contributed by atoms with Gasteiger partial charge in [0.2, 0.25) is 10.0 Å². The van der Waals surface area contributed by atoms with E-state index in [-0.39, 0.29) is 10.9 Å². The van der Waals surface area contributed by atoms with Crippen LogP contribution in [0.3, 0.4) is 0 Å². The Morgan fingerprint density at radius 1 is 1.15 bits per heavy atom. The van der Waals surface area contributed by atoms with Gasteiger partial charge in [-0.15, -0.1) is 0 Å². The molecular weight excluding hydrogens is 416 g/mol. The number of rotatable bonds is 7. The van der Waals surface area contributed by atoms with Crippen molar-refractivity contribution in [1.82, 2.24) is 9.62 Å². The van der Waals surface area contributed by atoms with Crippen molar-refractivity contribution >= 4 is 26.0 Å². The van der Waals surface area contributed by atoms with Crippen LogP contribution >= 0.6 is 15.9 Å². The second kappa shape index (κ2) is 8.52. The molecule has 0 amide bonds. The molecule has 1 aliphatic rings. The Morgan fingerprint density at radius 3 is 2.58 bits per heavy atom. The highest BCUT2D eigenvalue weighted by Gasteiger charge is 2.27. The Labute approximate surface area is 163 Å². The summed E-state index contributed by atoms with van der Waals surface area (Å²) in [5.41, 5.74) is 1.01. The van der Waals surface area contributed by atoms with Gasteiger partial charge in [-0.25, -0.2) is 13.1 Å². The molecule has 0 saturated carbocycles. The van der Waals surface area contributed by atoms with Crippen LogP contribution in [0.25, 0.3) is 0 Å². The summed E-state index contributed by atoms with van der Waals surface area (Å²) < 4.78 is 34.4. The van der Waals surface area contributed by atoms with E-state index in [0.29, 0.717) is 6.54 Å². The summed E-state index contributed by atoms with van der Waals surface area (Å²) >= 11 is 3.33. The molecule has 26 heavy (non-hydrogen) atoms. The van der Waals surface area contributed by atoms with Gasteiger partial charge in [0.25, 0.3) is 0 Å². The predicted molar refractivity (Wildman–Crippen MR) is 106 cm³/mol. The molecular formula is C19H23BrN2O3S. The van der Waals surface area contributed by atoms with Crippen molar-refractivity contribution in [3.63, 3.8) is 0 Å². The number of hydrogen-bond acceptors (Lipinski definition) is 4. The fourth-order valence-electron chi connectivity index (χ4n) is 3.34. The lowest BCUT2D eigenvalue weighted by Gasteiger charge is -2.29. The summed E-state index contributed by atoms with van der Waals surface area (Å²) in [4.78, 5) is 2.58. The number of para-hydroxylation sites is 1. The summed E-state index contributed by atoms with van der Waals surface area (Å²) in [6.07, 6.45) is 2.26. The van der Waals surface area contributed by atoms with Gasteiger partial charge in [0.05, 0.1) is 18.0 Å². The minimum Gasteiger partial charge on any atom is -0.496 e. The van der Waals surface area contributed by atoms with Gasteiger partial charge in [0.15, 0.2) is 0 Å². The number of hydrogen-bond donors (Lipinski definition) is 1. The highest BCUT2D eigenvalue weighted by Crippen LogP contribution is 2.31. The molecule has 2 aromatic carbocycles. The summed E-state index contributed by atoms with van der Waals surface area (Å²) in [7, 11) is -1.94. The van der Waals surface area contributed by atoms with E-state index in [1.807, 2.05) is 24.3 Å². The number of nitrogens with one attached hydrogen (secondary N) is 1. The summed E-state index contributed by atoms with van der Waals surface area (Å²) in [6, 6.07) is 14.5. The molecule has 2 aromatic rings. The van der Waals surface area contributed by atoms with Crippen molar-refractivity contribution in [3.8, 4) is 5.75 Å². The molecule has 1 N–H and O–H groups in total. The van der Waals surface area contributed by atoms with Crippen LogP contribution in [0, 0.1) is 0 Å². The van der Waals surface area contributed by atoms with Crippen molar-refractivity contribution in [2.24, 2.45) is 0 Å². The lowest BCUT2D eigenvalue weighted by Crippen LogP contribution is -2.37. The van der Waals surface area contributed by atoms with E-state index in [1.54, 1.807) is 31.4 Å². The summed E-state index contributed by atoms with van der Waals surface area (Å²) in [5.74, 6) is 0.783. The number of halogens is 1. The molecule has 1 atom stereocenters. The minimum absolute atomic E-state index is 0.0597. The lowest BCUT2D eigenvalue weighted by molar-refractivity contribution is 0.240. The number of benzene rings is 2. The zero-order chi connectivity index (χ0) is 18.6. The first-order valence-electron chi connectivity index (χ1n) is 8.63. The van der Waals surface area contributed by atoms with Crippen LogP contribution in [0.4, 0.5) is 0 Å². The van der Waals surface area contributed by atoms with Gasteiger partial charge in [0, 0.05) is 16.6 Å². The minimum atomic E-state index is -3.58. The Bertz CT molecular complexity index is 851. The molecule has 7 heteroatoms. The highest BCUT2D eigenvalue weighted by atomic mass is 79.9. The second-order valence-electron chi connectivity index (χ2n) is 6.31. The van der Waals surface area contributed by atoms with Crippen LogP contribution in [-0.4, -0.2) is 40.1 Å². The fourth-order valence-corrected chi connectivity index (χ4v) is 4.97. The molecule has 3 rings (SSSR count). The third kappa shape index (κ3) is 4.46. The van der Waals surface area contributed by atoms with E-state index < -0.39 is 10.0 Å². The molecule has 140 valence electrons. The van der Waals surface area contributed by atoms with Crippen molar-refractivity contribution < 1.29 is 13.2 Å². The van der Waals surface area contributed by atoms with E-state index in [4.69, 9.17) is 4.74 Å². The largest absolute Gasteiger partial charge is 0.496 e. The average Bonchev–Trinajstić information content (AvgIpc) is 3.16. The van der Waals surface area contributed by atoms with Gasteiger partial charge in [-0.05, 0) is 50.2 Å². The van der Waals surface area contributed by atoms with Gasteiger partial charge >= 0.3 is 0 Å². The molecule has 1 unspecified atom stereocenters. The molecule has 0 aliphatic carbocycles. The normalized spacial score (nSPS) is 16.5. The van der Waals surface area contributed by atoms with Crippen LogP contribution in [-0.2, 0) is 10.0 Å². The smallest absolute Gasteiger partial charge is 0.240 e. The molecule has 0 spiro atoms. The first-order valence-corrected chi connectivity index (χ1v) is 10.9. The average molecular weight is 439 g/mol. The molecule has 0 aromatic heterocycles. The van der Waals surface area contributed by atoms with E-state index in [2.05, 4.69) is 25.6 Å². The van der Waals surface area contributed by atoms with Gasteiger partial charge in [-0.1, -0.05) is 40.2 Å². The number of likely N-dealkylation sites (tertiary alicyclic amines) is 1. The molecule has 1 fully saturated rings. The molecule has 0 radical (unpaired) electrons. The second-order valence-corrected chi connectivity index (χ2v) is 8.99. The molecule has 1 saturated heterocycles. The monoisotopic (exact) mass is 438 g/mol. The number of sulfonamides is 1. The van der Waals surface area contributed by atoms with E-state index in [0.717, 1.165) is 41.7 Å². The third-order valence-corrected chi connectivity index (χ3v) is 6.57. The number of nitrogens with zero attached hydrogens (tertiary/aromatic N) is 1. The van der Waals surface area contributed by atoms with Gasteiger partial charge in [-0.3, -0.25) is 4.90 Å². The van der Waals surface area contributed by atoms with E-state index >= 15 is 0 Å². The SMILES string of the molecule is COc1ccccc1C(CNS(=O)(=O)c1cccc(Br)c1)N1CCCC1. The third-order valence-electron chi connectivity index (χ3n) is 4.65. The van der Waals surface area contributed by atoms with Crippen molar-refractivity contribution in [2.45, 2.75) is 23.8 Å². The number of methoxy groups -OCH3 is 1. The van der Waals surface area contributed by atoms with Crippen LogP contribution in [0.2, 0.25) is 0 Å². The first-order chi connectivity index (χ1) is 12.5. The summed E-state index contributed by atoms with van der Waals surface area (Å²) in [5, 5.41) is 0. The quantitative estimate of drug-likeness (QED) is 0.717. The molecule has 5 nitrogen and oxygen atoms in total. The zero-order valence-corrected chi connectivity index (χ0v) is 17.1. The Balaban J connectivity index is 1.84. The fraction of sp³-hybridized carbons (Fsp3) is 0.368. The maximum absolute atomic E-state index is 12.7. The maximum atomic E-state index is 12.7. The Hall–Kier alpha value is -1.41. The van der Waals surface area contributed by atoms with Crippen molar-refractivity contribution in [2.75, 3.05) is 26.7 Å². The lowest BCUT2D eigenvalue weighted by atomic mass is 10.0. The predicted octanol–water partition coefficient (Wildman–Crippen LogP) is 3.57. The van der Waals surface area contributed by atoms with Crippen LogP contribution in [0.5, 0.6) is 5.75 Å². The Morgan fingerprint density at radius 2 is 1.88 bits per heavy atom. The van der Waals surface area contributed by atoms with Crippen molar-refractivity contribution in [1.29, 1.82) is 0 Å². The maximum Gasteiger partial charge on any atom is 0.240 e. The van der Waals surface area contributed by atoms with Gasteiger partial charge < -0.3 is 4.74 Å². The van der Waals surface area contributed by atoms with Crippen LogP contribution < -0.4 is 9.46 Å². The Kier molecular flexibility index (Phi) is 6.34. The van der Waals surface area contributed by atoms with Crippen molar-refractivity contribution in [3.05, 3.63) is 58.6 Å². The van der Waals surface area contributed by atoms with Crippen LogP contribution in [0.1, 0.15) is 24.4 Å². The number of ether oxygens (including phenoxy) is 1. The van der Waals surface area contributed by atoms with Gasteiger partial charge in [0.1, 0.15) is 5.75 Å². The van der Waals surface area contributed by atoms with Gasteiger partial charge in [-0.2, -0.15) is 0 Å². The molecule has 1 heterocycles. The first kappa shape index (κ1) is 19.4. The topological polar surface area (TPSA) is 58.6 Å². The standard InChI is InChI=1S/C19H23BrN2O3S/c1-25-19-10-3-2-9-17(19)18(22-11-4-5-12-22)14-21-26(23,24)16-8-6-7-15(20)13-16/h2-3,6-10,13,18,21H,4-5,11-12,14H2,1H3. The van der Waals surface area contributed by atoms with E-state index in [1.165, 1.54) is 0 Å². The van der Waals surface area contributed by atoms with E-state index in [9.17, 15) is 8.42 Å². The zero-order valence-electron chi connectivity index (χ0n) is 14.7. The highest BCUT2D eigenvalue weighted by molar-refractivity contribution is 9.10. The molecule has 0 bridgehead atoms. The van der Waals surface area contributed by atoms with Crippen LogP contribution in [0.15, 0.2) is 57.9 Å². The molecule has 1 aliphatic heterocycles.